The Kier molecular flexibility index (Phi) is 4.14. The van der Waals surface area contributed by atoms with E-state index >= 15 is 0 Å². The number of hydrogen-bond acceptors (Lipinski definition) is 2. The third-order valence-corrected chi connectivity index (χ3v) is 6.33. The minimum absolute atomic E-state index is 0.136. The summed E-state index contributed by atoms with van der Waals surface area (Å²) >= 11 is 0. The number of benzene rings is 1. The Bertz CT molecular complexity index is 681. The van der Waals surface area contributed by atoms with E-state index in [1.807, 2.05) is 26.8 Å². The molecule has 2 fully saturated rings. The summed E-state index contributed by atoms with van der Waals surface area (Å²) in [5, 5.41) is 0. The van der Waals surface area contributed by atoms with Gasteiger partial charge in [-0.3, -0.25) is 9.69 Å². The highest BCUT2D eigenvalue weighted by molar-refractivity contribution is 5.82. The number of hydrogen-bond donors (Lipinski definition) is 0. The van der Waals surface area contributed by atoms with E-state index in [0.717, 1.165) is 44.5 Å². The molecule has 3 atom stereocenters. The third kappa shape index (κ3) is 2.99. The van der Waals surface area contributed by atoms with Crippen LogP contribution in [0.15, 0.2) is 18.2 Å². The molecule has 0 aliphatic carbocycles. The molecule has 0 spiro atoms. The van der Waals surface area contributed by atoms with Gasteiger partial charge in [0.05, 0.1) is 0 Å². The van der Waals surface area contributed by atoms with Crippen molar-refractivity contribution in [3.8, 4) is 0 Å². The topological polar surface area (TPSA) is 23.6 Å². The minimum Gasteiger partial charge on any atom is -0.339 e. The molecule has 1 aromatic carbocycles. The molecule has 3 nitrogen and oxygen atoms in total. The summed E-state index contributed by atoms with van der Waals surface area (Å²) in [5.74, 6) is 0.729. The molecule has 3 unspecified atom stereocenters. The van der Waals surface area contributed by atoms with Crippen molar-refractivity contribution in [3.63, 3.8) is 0 Å². The molecule has 25 heavy (non-hydrogen) atoms. The van der Waals surface area contributed by atoms with Crippen LogP contribution < -0.4 is 0 Å². The van der Waals surface area contributed by atoms with Gasteiger partial charge in [0.2, 0.25) is 5.91 Å². The van der Waals surface area contributed by atoms with Crippen LogP contribution in [0.3, 0.4) is 0 Å². The predicted octanol–water partition coefficient (Wildman–Crippen LogP) is 3.78. The van der Waals surface area contributed by atoms with E-state index in [2.05, 4.69) is 9.80 Å². The summed E-state index contributed by atoms with van der Waals surface area (Å²) in [6.07, 6.45) is 4.26. The minimum atomic E-state index is -0.327. The lowest BCUT2D eigenvalue weighted by molar-refractivity contribution is -0.148. The zero-order valence-corrected chi connectivity index (χ0v) is 15.6. The Morgan fingerprint density at radius 1 is 1.24 bits per heavy atom. The van der Waals surface area contributed by atoms with E-state index in [-0.39, 0.29) is 17.1 Å². The Hall–Kier alpha value is -1.42. The van der Waals surface area contributed by atoms with Crippen molar-refractivity contribution in [1.82, 2.24) is 9.80 Å². The summed E-state index contributed by atoms with van der Waals surface area (Å²) in [4.78, 5) is 17.7. The van der Waals surface area contributed by atoms with Crippen molar-refractivity contribution < 1.29 is 9.18 Å². The number of halogens is 1. The number of carbonyl (C=O) groups is 1. The van der Waals surface area contributed by atoms with Crippen LogP contribution in [0.1, 0.15) is 57.2 Å². The number of carbonyl (C=O) groups excluding carboxylic acids is 1. The van der Waals surface area contributed by atoms with Crippen molar-refractivity contribution in [2.24, 2.45) is 11.3 Å². The normalized spacial score (nSPS) is 29.6. The van der Waals surface area contributed by atoms with E-state index in [9.17, 15) is 9.18 Å². The summed E-state index contributed by atoms with van der Waals surface area (Å²) in [6.45, 7) is 9.03. The summed E-state index contributed by atoms with van der Waals surface area (Å²) < 4.78 is 13.6. The highest BCUT2D eigenvalue weighted by Crippen LogP contribution is 2.43. The van der Waals surface area contributed by atoms with Gasteiger partial charge >= 0.3 is 0 Å². The average molecular weight is 344 g/mol. The number of amides is 1. The summed E-state index contributed by atoms with van der Waals surface area (Å²) in [6, 6.07) is 5.93. The van der Waals surface area contributed by atoms with E-state index in [1.54, 1.807) is 12.1 Å². The van der Waals surface area contributed by atoms with Crippen molar-refractivity contribution in [2.45, 2.75) is 58.5 Å². The van der Waals surface area contributed by atoms with Crippen molar-refractivity contribution in [1.29, 1.82) is 0 Å². The van der Waals surface area contributed by atoms with Crippen LogP contribution in [0.2, 0.25) is 0 Å². The standard InChI is InChI=1S/C21H29FN2O/c1-21(2,3)20(25)24-9-4-5-15-13-23-10-8-14-11-16(22)6-7-17(14)19(23)12-18(15)24/h6-7,11,15,18-19H,4-5,8-10,12-13H2,1-3H3. The number of nitrogens with zero attached hydrogens (tertiary/aromatic N) is 2. The van der Waals surface area contributed by atoms with Gasteiger partial charge in [0.1, 0.15) is 5.82 Å². The van der Waals surface area contributed by atoms with Gasteiger partial charge in [-0.1, -0.05) is 26.8 Å². The molecule has 2 saturated heterocycles. The lowest BCUT2D eigenvalue weighted by Gasteiger charge is -2.53. The highest BCUT2D eigenvalue weighted by atomic mass is 19.1. The first-order chi connectivity index (χ1) is 11.8. The lowest BCUT2D eigenvalue weighted by atomic mass is 9.76. The predicted molar refractivity (Wildman–Crippen MR) is 96.7 cm³/mol. The molecule has 3 aliphatic heterocycles. The van der Waals surface area contributed by atoms with E-state index in [0.29, 0.717) is 18.0 Å². The van der Waals surface area contributed by atoms with Gasteiger partial charge in [0.25, 0.3) is 0 Å². The lowest BCUT2D eigenvalue weighted by Crippen LogP contribution is -2.59. The Labute approximate surface area is 150 Å². The molecule has 0 radical (unpaired) electrons. The molecule has 0 saturated carbocycles. The van der Waals surface area contributed by atoms with Crippen LogP contribution in [0.5, 0.6) is 0 Å². The van der Waals surface area contributed by atoms with Crippen LogP contribution in [-0.4, -0.2) is 41.4 Å². The smallest absolute Gasteiger partial charge is 0.228 e. The van der Waals surface area contributed by atoms with Crippen molar-refractivity contribution in [3.05, 3.63) is 35.1 Å². The Balaban J connectivity index is 1.63. The second kappa shape index (κ2) is 6.08. The number of piperidine rings is 2. The fourth-order valence-corrected chi connectivity index (χ4v) is 5.11. The fraction of sp³-hybridized carbons (Fsp3) is 0.667. The fourth-order valence-electron chi connectivity index (χ4n) is 5.11. The zero-order valence-electron chi connectivity index (χ0n) is 15.6. The molecule has 4 rings (SSSR count). The number of likely N-dealkylation sites (tertiary alicyclic amines) is 1. The molecular weight excluding hydrogens is 315 g/mol. The quantitative estimate of drug-likeness (QED) is 0.715. The van der Waals surface area contributed by atoms with E-state index < -0.39 is 0 Å². The van der Waals surface area contributed by atoms with E-state index in [1.165, 1.54) is 12.0 Å². The van der Waals surface area contributed by atoms with Crippen LogP contribution in [0.4, 0.5) is 4.39 Å². The van der Waals surface area contributed by atoms with Gasteiger partial charge < -0.3 is 4.90 Å². The van der Waals surface area contributed by atoms with Gasteiger partial charge in [0, 0.05) is 37.1 Å². The first-order valence-electron chi connectivity index (χ1n) is 9.68. The van der Waals surface area contributed by atoms with Crippen LogP contribution in [0.25, 0.3) is 0 Å². The number of fused-ring (bicyclic) bond motifs is 4. The largest absolute Gasteiger partial charge is 0.339 e. The van der Waals surface area contributed by atoms with Gasteiger partial charge in [-0.15, -0.1) is 0 Å². The molecule has 1 amide bonds. The first kappa shape index (κ1) is 17.0. The van der Waals surface area contributed by atoms with Crippen LogP contribution in [-0.2, 0) is 11.2 Å². The molecule has 3 heterocycles. The van der Waals surface area contributed by atoms with Crippen molar-refractivity contribution >= 4 is 5.91 Å². The summed E-state index contributed by atoms with van der Waals surface area (Å²) in [5.41, 5.74) is 2.11. The average Bonchev–Trinajstić information content (AvgIpc) is 2.57. The monoisotopic (exact) mass is 344 g/mol. The van der Waals surface area contributed by atoms with Crippen LogP contribution in [0, 0.1) is 17.2 Å². The number of rotatable bonds is 0. The second-order valence-corrected chi connectivity index (χ2v) is 9.06. The third-order valence-electron chi connectivity index (χ3n) is 6.33. The molecule has 3 aliphatic rings. The maximum atomic E-state index is 13.6. The maximum Gasteiger partial charge on any atom is 0.228 e. The molecular formula is C21H29FN2O. The van der Waals surface area contributed by atoms with Crippen LogP contribution >= 0.6 is 0 Å². The van der Waals surface area contributed by atoms with Gasteiger partial charge in [-0.05, 0) is 54.9 Å². The Morgan fingerprint density at radius 3 is 2.80 bits per heavy atom. The van der Waals surface area contributed by atoms with Crippen molar-refractivity contribution in [2.75, 3.05) is 19.6 Å². The Morgan fingerprint density at radius 2 is 2.04 bits per heavy atom. The molecule has 4 heteroatoms. The van der Waals surface area contributed by atoms with Gasteiger partial charge in [0.15, 0.2) is 0 Å². The highest BCUT2D eigenvalue weighted by Gasteiger charge is 2.45. The molecule has 0 bridgehead atoms. The molecule has 0 N–H and O–H groups in total. The molecule has 136 valence electrons. The molecule has 1 aromatic rings. The SMILES string of the molecule is CC(C)(C)C(=O)N1CCCC2CN3CCc4cc(F)ccc4C3CC21. The zero-order chi connectivity index (χ0) is 17.8. The second-order valence-electron chi connectivity index (χ2n) is 9.06. The van der Waals surface area contributed by atoms with Gasteiger partial charge in [-0.2, -0.15) is 0 Å². The summed E-state index contributed by atoms with van der Waals surface area (Å²) in [7, 11) is 0. The molecule has 0 aromatic heterocycles. The first-order valence-corrected chi connectivity index (χ1v) is 9.68. The maximum absolute atomic E-state index is 13.6. The van der Waals surface area contributed by atoms with Gasteiger partial charge in [-0.25, -0.2) is 4.39 Å². The van der Waals surface area contributed by atoms with E-state index in [4.69, 9.17) is 0 Å².